The molecule has 0 aliphatic carbocycles. The molecule has 3 heterocycles. The van der Waals surface area contributed by atoms with Crippen molar-refractivity contribution in [1.29, 1.82) is 0 Å². The monoisotopic (exact) mass is 480 g/mol. The second-order valence-corrected chi connectivity index (χ2v) is 8.88. The Morgan fingerprint density at radius 3 is 2.52 bits per heavy atom. The summed E-state index contributed by atoms with van der Waals surface area (Å²) in [6.07, 6.45) is 1.95. The summed E-state index contributed by atoms with van der Waals surface area (Å²) in [5.41, 5.74) is 4.84. The van der Waals surface area contributed by atoms with Crippen molar-refractivity contribution in [3.63, 3.8) is 0 Å². The molecule has 6 nitrogen and oxygen atoms in total. The van der Waals surface area contributed by atoms with Gasteiger partial charge >= 0.3 is 0 Å². The predicted octanol–water partition coefficient (Wildman–Crippen LogP) is 5.51. The van der Waals surface area contributed by atoms with Crippen LogP contribution in [0.5, 0.6) is 0 Å². The largest absolute Gasteiger partial charge is 0.383 e. The van der Waals surface area contributed by atoms with Crippen LogP contribution in [0.2, 0.25) is 10.0 Å². The van der Waals surface area contributed by atoms with Gasteiger partial charge in [-0.3, -0.25) is 14.0 Å². The number of nitrogens with zero attached hydrogens (tertiary/aromatic N) is 4. The van der Waals surface area contributed by atoms with Gasteiger partial charge in [-0.25, -0.2) is 0 Å². The number of hydrogen-bond acceptors (Lipinski definition) is 3. The highest BCUT2D eigenvalue weighted by atomic mass is 35.5. The zero-order valence-electron chi connectivity index (χ0n) is 18.5. The van der Waals surface area contributed by atoms with Crippen LogP contribution >= 0.6 is 23.2 Å². The third-order valence-corrected chi connectivity index (χ3v) is 6.58. The van der Waals surface area contributed by atoms with E-state index in [1.807, 2.05) is 34.6 Å². The first kappa shape index (κ1) is 21.8. The molecule has 0 unspecified atom stereocenters. The lowest BCUT2D eigenvalue weighted by Gasteiger charge is -2.09. The van der Waals surface area contributed by atoms with E-state index in [0.717, 1.165) is 33.2 Å². The zero-order valence-corrected chi connectivity index (χ0v) is 20.0. The fourth-order valence-electron chi connectivity index (χ4n) is 4.38. The molecule has 0 radical (unpaired) electrons. The van der Waals surface area contributed by atoms with Crippen LogP contribution in [0.1, 0.15) is 0 Å². The maximum Gasteiger partial charge on any atom is 0.259 e. The summed E-state index contributed by atoms with van der Waals surface area (Å²) >= 11 is 12.5. The minimum Gasteiger partial charge on any atom is -0.383 e. The van der Waals surface area contributed by atoms with Crippen molar-refractivity contribution >= 4 is 45.1 Å². The Morgan fingerprint density at radius 1 is 0.939 bits per heavy atom. The van der Waals surface area contributed by atoms with Gasteiger partial charge in [-0.15, -0.1) is 0 Å². The maximum absolute atomic E-state index is 13.3. The van der Waals surface area contributed by atoms with E-state index in [9.17, 15) is 4.79 Å². The van der Waals surface area contributed by atoms with Crippen molar-refractivity contribution in [3.8, 4) is 22.4 Å². The third-order valence-electron chi connectivity index (χ3n) is 6.03. The lowest BCUT2D eigenvalue weighted by atomic mass is 10.0. The Hall–Kier alpha value is -3.06. The lowest BCUT2D eigenvalue weighted by Crippen LogP contribution is -2.20. The Balaban J connectivity index is 1.73. The SMILES string of the molecule is COCCn1ccc(-c2ccc3c(c2)c2cc(-c4ccc(Cl)cc4Cl)c(=O)n(C)c2n3C)n1. The molecule has 0 spiro atoms. The molecule has 0 amide bonds. The van der Waals surface area contributed by atoms with E-state index in [0.29, 0.717) is 34.3 Å². The molecule has 168 valence electrons. The smallest absolute Gasteiger partial charge is 0.259 e. The Labute approximate surface area is 200 Å². The highest BCUT2D eigenvalue weighted by Crippen LogP contribution is 2.35. The van der Waals surface area contributed by atoms with E-state index in [1.165, 1.54) is 0 Å². The van der Waals surface area contributed by atoms with E-state index in [-0.39, 0.29) is 5.56 Å². The molecule has 0 bridgehead atoms. The quantitative estimate of drug-likeness (QED) is 0.333. The average molecular weight is 481 g/mol. The van der Waals surface area contributed by atoms with Crippen LogP contribution in [0.4, 0.5) is 0 Å². The summed E-state index contributed by atoms with van der Waals surface area (Å²) in [6.45, 7) is 1.30. The fraction of sp³-hybridized carbons (Fsp3) is 0.200. The number of benzene rings is 2. The molecule has 5 aromatic rings. The molecule has 8 heteroatoms. The number of aryl methyl sites for hydroxylation is 2. The number of aromatic nitrogens is 4. The average Bonchev–Trinajstić information content (AvgIpc) is 3.38. The number of rotatable bonds is 5. The highest BCUT2D eigenvalue weighted by Gasteiger charge is 2.18. The lowest BCUT2D eigenvalue weighted by molar-refractivity contribution is 0.183. The van der Waals surface area contributed by atoms with Crippen LogP contribution in [-0.4, -0.2) is 32.6 Å². The molecule has 0 aliphatic rings. The van der Waals surface area contributed by atoms with Crippen molar-refractivity contribution in [2.24, 2.45) is 14.1 Å². The number of halogens is 2. The molecule has 0 atom stereocenters. The van der Waals surface area contributed by atoms with Gasteiger partial charge < -0.3 is 9.30 Å². The van der Waals surface area contributed by atoms with Gasteiger partial charge in [-0.1, -0.05) is 35.3 Å². The number of ether oxygens (including phenoxy) is 1. The Bertz CT molecular complexity index is 1580. The van der Waals surface area contributed by atoms with E-state index >= 15 is 0 Å². The van der Waals surface area contributed by atoms with Crippen molar-refractivity contribution in [2.75, 3.05) is 13.7 Å². The van der Waals surface area contributed by atoms with Gasteiger partial charge in [0.15, 0.2) is 0 Å². The molecular formula is C25H22Cl2N4O2. The first-order valence-corrected chi connectivity index (χ1v) is 11.2. The van der Waals surface area contributed by atoms with E-state index in [2.05, 4.69) is 23.3 Å². The van der Waals surface area contributed by atoms with Crippen molar-refractivity contribution in [1.82, 2.24) is 18.9 Å². The first-order valence-electron chi connectivity index (χ1n) is 10.5. The van der Waals surface area contributed by atoms with Crippen molar-refractivity contribution in [2.45, 2.75) is 6.54 Å². The van der Waals surface area contributed by atoms with Crippen LogP contribution in [0.3, 0.4) is 0 Å². The first-order chi connectivity index (χ1) is 15.9. The molecule has 0 N–H and O–H groups in total. The van der Waals surface area contributed by atoms with Crippen molar-refractivity contribution < 1.29 is 4.74 Å². The summed E-state index contributed by atoms with van der Waals surface area (Å²) in [6, 6.07) is 15.4. The van der Waals surface area contributed by atoms with Gasteiger partial charge in [0.05, 0.1) is 29.4 Å². The summed E-state index contributed by atoms with van der Waals surface area (Å²) in [7, 11) is 5.44. The van der Waals surface area contributed by atoms with Crippen LogP contribution < -0.4 is 5.56 Å². The molecule has 0 aliphatic heterocycles. The standard InChI is InChI=1S/C25H22Cl2N4O2/c1-29-23-7-4-15(22-8-9-31(28-22)10-11-33-3)12-18(23)19-14-20(25(32)30(2)24(19)29)17-6-5-16(26)13-21(17)27/h4-9,12-14H,10-11H2,1-3H3. The van der Waals surface area contributed by atoms with E-state index in [1.54, 1.807) is 36.9 Å². The number of hydrogen-bond donors (Lipinski definition) is 0. The summed E-state index contributed by atoms with van der Waals surface area (Å²) in [4.78, 5) is 13.3. The third kappa shape index (κ3) is 3.64. The Morgan fingerprint density at radius 2 is 1.76 bits per heavy atom. The normalized spacial score (nSPS) is 11.7. The summed E-state index contributed by atoms with van der Waals surface area (Å²) in [5.74, 6) is 0. The van der Waals surface area contributed by atoms with Gasteiger partial charge in [0, 0.05) is 59.9 Å². The molecule has 33 heavy (non-hydrogen) atoms. The van der Waals surface area contributed by atoms with Crippen LogP contribution in [0, 0.1) is 0 Å². The summed E-state index contributed by atoms with van der Waals surface area (Å²) in [5, 5.41) is 7.66. The van der Waals surface area contributed by atoms with Gasteiger partial charge in [0.25, 0.3) is 5.56 Å². The number of methoxy groups -OCH3 is 1. The maximum atomic E-state index is 13.3. The zero-order chi connectivity index (χ0) is 23.3. The van der Waals surface area contributed by atoms with Crippen LogP contribution in [-0.2, 0) is 25.4 Å². The predicted molar refractivity (Wildman–Crippen MR) is 134 cm³/mol. The fourth-order valence-corrected chi connectivity index (χ4v) is 4.89. The Kier molecular flexibility index (Phi) is 5.52. The van der Waals surface area contributed by atoms with Gasteiger partial charge in [-0.05, 0) is 36.4 Å². The second-order valence-electron chi connectivity index (χ2n) is 8.03. The minimum absolute atomic E-state index is 0.116. The molecule has 2 aromatic carbocycles. The molecule has 0 fully saturated rings. The van der Waals surface area contributed by atoms with Gasteiger partial charge in [0.1, 0.15) is 5.65 Å². The molecule has 0 saturated heterocycles. The number of pyridine rings is 1. The van der Waals surface area contributed by atoms with Gasteiger partial charge in [-0.2, -0.15) is 5.10 Å². The summed E-state index contributed by atoms with van der Waals surface area (Å²) < 4.78 is 10.7. The molecule has 0 saturated carbocycles. The van der Waals surface area contributed by atoms with E-state index in [4.69, 9.17) is 27.9 Å². The van der Waals surface area contributed by atoms with E-state index < -0.39 is 0 Å². The topological polar surface area (TPSA) is 54.0 Å². The highest BCUT2D eigenvalue weighted by molar-refractivity contribution is 6.36. The van der Waals surface area contributed by atoms with Crippen LogP contribution in [0.15, 0.2) is 59.5 Å². The number of fused-ring (bicyclic) bond motifs is 3. The van der Waals surface area contributed by atoms with Crippen LogP contribution in [0.25, 0.3) is 44.3 Å². The molecule has 5 rings (SSSR count). The van der Waals surface area contributed by atoms with Gasteiger partial charge in [0.2, 0.25) is 0 Å². The molecular weight excluding hydrogens is 459 g/mol. The molecule has 3 aromatic heterocycles. The second kappa shape index (κ2) is 8.37. The van der Waals surface area contributed by atoms with Crippen molar-refractivity contribution in [3.05, 3.63) is 75.1 Å². The minimum atomic E-state index is -0.116.